The molecule has 1 aliphatic heterocycles. The number of aromatic nitrogens is 1. The van der Waals surface area contributed by atoms with Gasteiger partial charge in [0, 0.05) is 50.6 Å². The van der Waals surface area contributed by atoms with Crippen molar-refractivity contribution >= 4 is 17.5 Å². The SMILES string of the molecule is CC(=O)c1ccc(N2CCN(C(=O)NCc3ccc(Oc4ccc(F)cc4)nc3)CC2)c(F)c1. The summed E-state index contributed by atoms with van der Waals surface area (Å²) in [6.45, 7) is 3.56. The third-order valence-corrected chi connectivity index (χ3v) is 5.54. The van der Waals surface area contributed by atoms with E-state index in [1.54, 1.807) is 35.4 Å². The lowest BCUT2D eigenvalue weighted by Crippen LogP contribution is -2.51. The van der Waals surface area contributed by atoms with Crippen LogP contribution < -0.4 is 15.0 Å². The largest absolute Gasteiger partial charge is 0.439 e. The minimum Gasteiger partial charge on any atom is -0.439 e. The van der Waals surface area contributed by atoms with Gasteiger partial charge in [0.25, 0.3) is 0 Å². The number of carbonyl (C=O) groups excluding carboxylic acids is 2. The number of amides is 2. The number of nitrogens with one attached hydrogen (secondary N) is 1. The van der Waals surface area contributed by atoms with E-state index in [0.717, 1.165) is 5.56 Å². The lowest BCUT2D eigenvalue weighted by Gasteiger charge is -2.36. The Morgan fingerprint density at radius 3 is 2.35 bits per heavy atom. The molecule has 1 fully saturated rings. The zero-order valence-electron chi connectivity index (χ0n) is 18.6. The van der Waals surface area contributed by atoms with E-state index in [4.69, 9.17) is 4.74 Å². The summed E-state index contributed by atoms with van der Waals surface area (Å²) in [6.07, 6.45) is 1.60. The van der Waals surface area contributed by atoms with Gasteiger partial charge in [0.05, 0.1) is 5.69 Å². The van der Waals surface area contributed by atoms with Crippen molar-refractivity contribution in [2.24, 2.45) is 0 Å². The van der Waals surface area contributed by atoms with Crippen molar-refractivity contribution in [3.8, 4) is 11.6 Å². The van der Waals surface area contributed by atoms with E-state index in [1.807, 2.05) is 4.90 Å². The molecule has 9 heteroatoms. The molecule has 0 spiro atoms. The van der Waals surface area contributed by atoms with Gasteiger partial charge >= 0.3 is 6.03 Å². The molecule has 2 amide bonds. The first-order valence-electron chi connectivity index (χ1n) is 10.9. The Hall–Kier alpha value is -4.01. The second kappa shape index (κ2) is 10.3. The summed E-state index contributed by atoms with van der Waals surface area (Å²) in [6, 6.07) is 13.4. The van der Waals surface area contributed by atoms with Gasteiger partial charge in [0.15, 0.2) is 5.78 Å². The Morgan fingerprint density at radius 2 is 1.74 bits per heavy atom. The fourth-order valence-corrected chi connectivity index (χ4v) is 3.62. The number of benzene rings is 2. The van der Waals surface area contributed by atoms with Crippen LogP contribution in [0.3, 0.4) is 0 Å². The molecular formula is C25H24F2N4O3. The summed E-state index contributed by atoms with van der Waals surface area (Å²) >= 11 is 0. The molecule has 3 aromatic rings. The first-order valence-corrected chi connectivity index (χ1v) is 10.9. The molecule has 0 atom stereocenters. The number of urea groups is 1. The number of ether oxygens (including phenoxy) is 1. The number of anilines is 1. The first kappa shape index (κ1) is 23.2. The molecule has 176 valence electrons. The van der Waals surface area contributed by atoms with E-state index in [9.17, 15) is 18.4 Å². The molecule has 0 unspecified atom stereocenters. The average molecular weight is 466 g/mol. The van der Waals surface area contributed by atoms with Gasteiger partial charge < -0.3 is 19.9 Å². The van der Waals surface area contributed by atoms with Gasteiger partial charge in [0.1, 0.15) is 17.4 Å². The standard InChI is InChI=1S/C25H24F2N4O3/c1-17(32)19-3-8-23(22(27)14-19)30-10-12-31(13-11-30)25(33)29-16-18-2-9-24(28-15-18)34-21-6-4-20(26)5-7-21/h2-9,14-15H,10-13,16H2,1H3,(H,29,33). The topological polar surface area (TPSA) is 74.8 Å². The van der Waals surface area contributed by atoms with Crippen molar-refractivity contribution in [1.82, 2.24) is 15.2 Å². The summed E-state index contributed by atoms with van der Waals surface area (Å²) in [5.41, 5.74) is 1.56. The Bertz CT molecular complexity index is 1160. The van der Waals surface area contributed by atoms with Gasteiger partial charge in [-0.3, -0.25) is 4.79 Å². The van der Waals surface area contributed by atoms with Gasteiger partial charge in [-0.2, -0.15) is 0 Å². The highest BCUT2D eigenvalue weighted by Crippen LogP contribution is 2.23. The highest BCUT2D eigenvalue weighted by Gasteiger charge is 2.23. The van der Waals surface area contributed by atoms with Crippen LogP contribution >= 0.6 is 0 Å². The Balaban J connectivity index is 1.25. The van der Waals surface area contributed by atoms with Crippen LogP contribution in [-0.2, 0) is 6.54 Å². The maximum atomic E-state index is 14.4. The van der Waals surface area contributed by atoms with Crippen molar-refractivity contribution in [3.05, 3.63) is 83.6 Å². The highest BCUT2D eigenvalue weighted by atomic mass is 19.1. The number of rotatable bonds is 6. The number of halogens is 2. The molecule has 2 heterocycles. The second-order valence-corrected chi connectivity index (χ2v) is 7.92. The molecule has 0 bridgehead atoms. The molecule has 1 saturated heterocycles. The van der Waals surface area contributed by atoms with Crippen LogP contribution in [0.1, 0.15) is 22.8 Å². The molecule has 1 aromatic heterocycles. The van der Waals surface area contributed by atoms with Crippen molar-refractivity contribution in [2.45, 2.75) is 13.5 Å². The first-order chi connectivity index (χ1) is 16.4. The fraction of sp³-hybridized carbons (Fsp3) is 0.240. The maximum Gasteiger partial charge on any atom is 0.317 e. The number of carbonyl (C=O) groups is 2. The van der Waals surface area contributed by atoms with Gasteiger partial charge in [-0.1, -0.05) is 6.07 Å². The third-order valence-electron chi connectivity index (χ3n) is 5.54. The number of hydrogen-bond acceptors (Lipinski definition) is 5. The van der Waals surface area contributed by atoms with E-state index in [0.29, 0.717) is 55.6 Å². The zero-order valence-corrected chi connectivity index (χ0v) is 18.6. The minimum absolute atomic E-state index is 0.183. The van der Waals surface area contributed by atoms with Gasteiger partial charge in [0.2, 0.25) is 5.88 Å². The molecule has 1 aliphatic rings. The van der Waals surface area contributed by atoms with Crippen LogP contribution in [0.25, 0.3) is 0 Å². The van der Waals surface area contributed by atoms with E-state index < -0.39 is 5.82 Å². The third kappa shape index (κ3) is 5.67. The van der Waals surface area contributed by atoms with Crippen molar-refractivity contribution in [2.75, 3.05) is 31.1 Å². The summed E-state index contributed by atoms with van der Waals surface area (Å²) in [7, 11) is 0. The van der Waals surface area contributed by atoms with Crippen LogP contribution in [0.2, 0.25) is 0 Å². The van der Waals surface area contributed by atoms with Gasteiger partial charge in [-0.05, 0) is 55.0 Å². The zero-order chi connectivity index (χ0) is 24.1. The molecule has 7 nitrogen and oxygen atoms in total. The highest BCUT2D eigenvalue weighted by molar-refractivity contribution is 5.94. The average Bonchev–Trinajstić information content (AvgIpc) is 2.85. The summed E-state index contributed by atoms with van der Waals surface area (Å²) in [5, 5.41) is 2.86. The maximum absolute atomic E-state index is 14.4. The molecule has 0 saturated carbocycles. The Labute approximate surface area is 196 Å². The number of pyridine rings is 1. The van der Waals surface area contributed by atoms with Crippen LogP contribution in [0.5, 0.6) is 11.6 Å². The number of nitrogens with zero attached hydrogens (tertiary/aromatic N) is 3. The van der Waals surface area contributed by atoms with Gasteiger partial charge in [-0.25, -0.2) is 18.6 Å². The van der Waals surface area contributed by atoms with Crippen LogP contribution in [0.15, 0.2) is 60.8 Å². The monoisotopic (exact) mass is 466 g/mol. The fourth-order valence-electron chi connectivity index (χ4n) is 3.62. The lowest BCUT2D eigenvalue weighted by atomic mass is 10.1. The number of Topliss-reactive ketones (excluding diaryl/α,β-unsaturated/α-hetero) is 1. The van der Waals surface area contributed by atoms with Crippen LogP contribution in [0, 0.1) is 11.6 Å². The van der Waals surface area contributed by atoms with Crippen LogP contribution in [-0.4, -0.2) is 47.9 Å². The quantitative estimate of drug-likeness (QED) is 0.546. The Kier molecular flexibility index (Phi) is 7.01. The Morgan fingerprint density at radius 1 is 1.00 bits per heavy atom. The number of hydrogen-bond donors (Lipinski definition) is 1. The summed E-state index contributed by atoms with van der Waals surface area (Å²) in [5.74, 6) is -0.129. The molecule has 34 heavy (non-hydrogen) atoms. The molecule has 0 radical (unpaired) electrons. The molecule has 2 aromatic carbocycles. The predicted molar refractivity (Wildman–Crippen MR) is 123 cm³/mol. The normalized spacial score (nSPS) is 13.5. The predicted octanol–water partition coefficient (Wildman–Crippen LogP) is 4.39. The molecule has 1 N–H and O–H groups in total. The smallest absolute Gasteiger partial charge is 0.317 e. The van der Waals surface area contributed by atoms with Gasteiger partial charge in [-0.15, -0.1) is 0 Å². The molecule has 4 rings (SSSR count). The van der Waals surface area contributed by atoms with Crippen LogP contribution in [0.4, 0.5) is 19.3 Å². The van der Waals surface area contributed by atoms with E-state index in [1.165, 1.54) is 37.3 Å². The van der Waals surface area contributed by atoms with E-state index in [-0.39, 0.29) is 17.6 Å². The van der Waals surface area contributed by atoms with Crippen molar-refractivity contribution in [3.63, 3.8) is 0 Å². The number of piperazine rings is 1. The second-order valence-electron chi connectivity index (χ2n) is 7.92. The van der Waals surface area contributed by atoms with Crippen molar-refractivity contribution in [1.29, 1.82) is 0 Å². The minimum atomic E-state index is -0.440. The van der Waals surface area contributed by atoms with E-state index in [2.05, 4.69) is 10.3 Å². The van der Waals surface area contributed by atoms with Crippen molar-refractivity contribution < 1.29 is 23.1 Å². The molecular weight excluding hydrogens is 442 g/mol. The lowest BCUT2D eigenvalue weighted by molar-refractivity contribution is 0.101. The molecule has 0 aliphatic carbocycles. The van der Waals surface area contributed by atoms with E-state index >= 15 is 0 Å². The number of ketones is 1. The summed E-state index contributed by atoms with van der Waals surface area (Å²) < 4.78 is 32.9. The summed E-state index contributed by atoms with van der Waals surface area (Å²) in [4.78, 5) is 31.7.